The van der Waals surface area contributed by atoms with Crippen molar-refractivity contribution in [2.45, 2.75) is 13.0 Å². The highest BCUT2D eigenvalue weighted by molar-refractivity contribution is 5.43. The number of hydrogen-bond acceptors (Lipinski definition) is 4. The third-order valence-corrected chi connectivity index (χ3v) is 3.26. The smallest absolute Gasteiger partial charge is 0.130 e. The van der Waals surface area contributed by atoms with E-state index in [4.69, 9.17) is 0 Å². The number of anilines is 1. The SMILES string of the molecule is Cc1cc(N[C@@H](c2cccc(F)c2)c2ccccn2)ncn1. The highest BCUT2D eigenvalue weighted by atomic mass is 19.1. The van der Waals surface area contributed by atoms with Crippen LogP contribution in [0.4, 0.5) is 10.2 Å². The van der Waals surface area contributed by atoms with E-state index in [9.17, 15) is 4.39 Å². The van der Waals surface area contributed by atoms with Crippen LogP contribution in [0.1, 0.15) is 23.0 Å². The first-order valence-corrected chi connectivity index (χ1v) is 6.94. The minimum Gasteiger partial charge on any atom is -0.357 e. The van der Waals surface area contributed by atoms with Crippen LogP contribution in [0.3, 0.4) is 0 Å². The topological polar surface area (TPSA) is 50.7 Å². The summed E-state index contributed by atoms with van der Waals surface area (Å²) < 4.78 is 13.6. The molecule has 110 valence electrons. The molecule has 2 aromatic heterocycles. The Morgan fingerprint density at radius 3 is 2.64 bits per heavy atom. The van der Waals surface area contributed by atoms with Gasteiger partial charge in [-0.1, -0.05) is 18.2 Å². The largest absolute Gasteiger partial charge is 0.357 e. The Bertz CT molecular complexity index is 761. The Morgan fingerprint density at radius 1 is 1.00 bits per heavy atom. The summed E-state index contributed by atoms with van der Waals surface area (Å²) in [6.45, 7) is 1.89. The summed E-state index contributed by atoms with van der Waals surface area (Å²) in [5, 5.41) is 3.30. The van der Waals surface area contributed by atoms with Crippen molar-refractivity contribution in [1.29, 1.82) is 0 Å². The zero-order valence-electron chi connectivity index (χ0n) is 12.1. The number of nitrogens with one attached hydrogen (secondary N) is 1. The minimum atomic E-state index is -0.286. The Balaban J connectivity index is 2.00. The maximum absolute atomic E-state index is 13.6. The lowest BCUT2D eigenvalue weighted by Crippen LogP contribution is -2.15. The van der Waals surface area contributed by atoms with Gasteiger partial charge in [-0.05, 0) is 36.8 Å². The number of pyridine rings is 1. The van der Waals surface area contributed by atoms with Crippen molar-refractivity contribution in [3.8, 4) is 0 Å². The van der Waals surface area contributed by atoms with E-state index in [0.29, 0.717) is 5.82 Å². The molecule has 0 saturated heterocycles. The third-order valence-electron chi connectivity index (χ3n) is 3.26. The van der Waals surface area contributed by atoms with Gasteiger partial charge in [0.1, 0.15) is 18.0 Å². The number of benzene rings is 1. The molecule has 0 bridgehead atoms. The lowest BCUT2D eigenvalue weighted by atomic mass is 10.0. The zero-order valence-corrected chi connectivity index (χ0v) is 12.1. The van der Waals surface area contributed by atoms with Gasteiger partial charge in [0.05, 0.1) is 11.7 Å². The minimum absolute atomic E-state index is 0.279. The van der Waals surface area contributed by atoms with Crippen LogP contribution in [0.5, 0.6) is 0 Å². The van der Waals surface area contributed by atoms with Gasteiger partial charge in [0.25, 0.3) is 0 Å². The molecule has 0 unspecified atom stereocenters. The van der Waals surface area contributed by atoms with Crippen molar-refractivity contribution in [2.75, 3.05) is 5.32 Å². The van der Waals surface area contributed by atoms with Gasteiger partial charge in [0, 0.05) is 18.0 Å². The molecule has 0 radical (unpaired) electrons. The highest BCUT2D eigenvalue weighted by Gasteiger charge is 2.16. The van der Waals surface area contributed by atoms with Crippen LogP contribution in [0.25, 0.3) is 0 Å². The fourth-order valence-corrected chi connectivity index (χ4v) is 2.24. The molecule has 22 heavy (non-hydrogen) atoms. The molecule has 3 rings (SSSR count). The molecule has 3 aromatic rings. The lowest BCUT2D eigenvalue weighted by Gasteiger charge is -2.19. The predicted octanol–water partition coefficient (Wildman–Crippen LogP) is 3.52. The van der Waals surface area contributed by atoms with E-state index in [0.717, 1.165) is 17.0 Å². The number of rotatable bonds is 4. The molecule has 0 fully saturated rings. The van der Waals surface area contributed by atoms with Crippen LogP contribution in [-0.2, 0) is 0 Å². The molecule has 0 aliphatic heterocycles. The molecule has 1 N–H and O–H groups in total. The van der Waals surface area contributed by atoms with Crippen molar-refractivity contribution in [2.24, 2.45) is 0 Å². The molecule has 0 spiro atoms. The average Bonchev–Trinajstić information content (AvgIpc) is 2.53. The summed E-state index contributed by atoms with van der Waals surface area (Å²) >= 11 is 0. The fraction of sp³-hybridized carbons (Fsp3) is 0.118. The quantitative estimate of drug-likeness (QED) is 0.800. The Hall–Kier alpha value is -2.82. The Kier molecular flexibility index (Phi) is 4.05. The van der Waals surface area contributed by atoms with Gasteiger partial charge in [-0.15, -0.1) is 0 Å². The second-order valence-corrected chi connectivity index (χ2v) is 4.93. The van der Waals surface area contributed by atoms with E-state index in [2.05, 4.69) is 20.3 Å². The number of halogens is 1. The Morgan fingerprint density at radius 2 is 1.91 bits per heavy atom. The average molecular weight is 294 g/mol. The maximum Gasteiger partial charge on any atom is 0.130 e. The molecule has 0 amide bonds. The van der Waals surface area contributed by atoms with Crippen LogP contribution in [0, 0.1) is 12.7 Å². The fourth-order valence-electron chi connectivity index (χ4n) is 2.24. The predicted molar refractivity (Wildman–Crippen MR) is 82.9 cm³/mol. The number of nitrogens with zero attached hydrogens (tertiary/aromatic N) is 3. The van der Waals surface area contributed by atoms with E-state index in [1.165, 1.54) is 18.5 Å². The van der Waals surface area contributed by atoms with Crippen molar-refractivity contribution < 1.29 is 4.39 Å². The normalized spacial score (nSPS) is 11.9. The molecule has 0 aliphatic carbocycles. The van der Waals surface area contributed by atoms with Gasteiger partial charge < -0.3 is 5.32 Å². The van der Waals surface area contributed by atoms with Crippen molar-refractivity contribution in [3.63, 3.8) is 0 Å². The van der Waals surface area contributed by atoms with Crippen LogP contribution in [-0.4, -0.2) is 15.0 Å². The molecule has 1 aromatic carbocycles. The van der Waals surface area contributed by atoms with Gasteiger partial charge in [-0.3, -0.25) is 4.98 Å². The first kappa shape index (κ1) is 14.1. The standard InChI is InChI=1S/C17H15FN4/c1-12-9-16(21-11-20-12)22-17(15-7-2-3-8-19-15)13-5-4-6-14(18)10-13/h2-11,17H,1H3,(H,20,21,22)/t17-/m0/s1. The molecule has 5 heteroatoms. The maximum atomic E-state index is 13.6. The van der Waals surface area contributed by atoms with E-state index in [1.807, 2.05) is 37.3 Å². The molecule has 0 aliphatic rings. The first-order chi connectivity index (χ1) is 10.7. The van der Waals surface area contributed by atoms with Gasteiger partial charge in [0.2, 0.25) is 0 Å². The van der Waals surface area contributed by atoms with Gasteiger partial charge in [0.15, 0.2) is 0 Å². The molecule has 4 nitrogen and oxygen atoms in total. The summed E-state index contributed by atoms with van der Waals surface area (Å²) in [6, 6.07) is 13.7. The second kappa shape index (κ2) is 6.30. The first-order valence-electron chi connectivity index (χ1n) is 6.94. The van der Waals surface area contributed by atoms with Crippen molar-refractivity contribution >= 4 is 5.82 Å². The monoisotopic (exact) mass is 294 g/mol. The summed E-state index contributed by atoms with van der Waals surface area (Å²) in [4.78, 5) is 12.7. The molecular weight excluding hydrogens is 279 g/mol. The Labute approximate surface area is 128 Å². The molecule has 2 heterocycles. The molecular formula is C17H15FN4. The zero-order chi connectivity index (χ0) is 15.4. The van der Waals surface area contributed by atoms with Crippen molar-refractivity contribution in [1.82, 2.24) is 15.0 Å². The van der Waals surface area contributed by atoms with Crippen molar-refractivity contribution in [3.05, 3.63) is 83.8 Å². The summed E-state index contributed by atoms with van der Waals surface area (Å²) in [7, 11) is 0. The van der Waals surface area contributed by atoms with Crippen LogP contribution < -0.4 is 5.32 Å². The summed E-state index contributed by atoms with van der Waals surface area (Å²) in [5.74, 6) is 0.395. The number of aryl methyl sites for hydroxylation is 1. The number of aromatic nitrogens is 3. The second-order valence-electron chi connectivity index (χ2n) is 4.93. The van der Waals surface area contributed by atoms with E-state index >= 15 is 0 Å². The third kappa shape index (κ3) is 3.25. The summed E-state index contributed by atoms with van der Waals surface area (Å²) in [5.41, 5.74) is 2.44. The van der Waals surface area contributed by atoms with E-state index < -0.39 is 0 Å². The van der Waals surface area contributed by atoms with Gasteiger partial charge in [-0.25, -0.2) is 14.4 Å². The molecule has 0 saturated carbocycles. The van der Waals surface area contributed by atoms with Gasteiger partial charge >= 0.3 is 0 Å². The molecule has 1 atom stereocenters. The lowest BCUT2D eigenvalue weighted by molar-refractivity contribution is 0.624. The summed E-state index contributed by atoms with van der Waals surface area (Å²) in [6.07, 6.45) is 3.22. The number of hydrogen-bond donors (Lipinski definition) is 1. The van der Waals surface area contributed by atoms with E-state index in [-0.39, 0.29) is 11.9 Å². The van der Waals surface area contributed by atoms with E-state index in [1.54, 1.807) is 12.3 Å². The highest BCUT2D eigenvalue weighted by Crippen LogP contribution is 2.25. The van der Waals surface area contributed by atoms with Crippen LogP contribution in [0.15, 0.2) is 61.1 Å². The van der Waals surface area contributed by atoms with Gasteiger partial charge in [-0.2, -0.15) is 0 Å². The van der Waals surface area contributed by atoms with Crippen LogP contribution >= 0.6 is 0 Å². The van der Waals surface area contributed by atoms with Crippen LogP contribution in [0.2, 0.25) is 0 Å².